The Balaban J connectivity index is 1.43. The lowest BCUT2D eigenvalue weighted by Gasteiger charge is -2.39. The van der Waals surface area contributed by atoms with Crippen molar-refractivity contribution in [2.45, 2.75) is 42.7 Å². The van der Waals surface area contributed by atoms with Crippen molar-refractivity contribution in [2.24, 2.45) is 0 Å². The predicted octanol–water partition coefficient (Wildman–Crippen LogP) is 1.51. The molecular weight excluding hydrogens is 378 g/mol. The zero-order valence-corrected chi connectivity index (χ0v) is 17.1. The van der Waals surface area contributed by atoms with Gasteiger partial charge in [-0.1, -0.05) is 6.07 Å². The second-order valence-electron chi connectivity index (χ2n) is 8.00. The average molecular weight is 406 g/mol. The first-order valence-corrected chi connectivity index (χ1v) is 11.3. The third-order valence-electron chi connectivity index (χ3n) is 6.32. The molecule has 0 amide bonds. The molecule has 152 valence electrons. The van der Waals surface area contributed by atoms with E-state index in [1.165, 1.54) is 6.07 Å². The first-order valence-electron chi connectivity index (χ1n) is 9.90. The largest absolute Gasteiger partial charge is 0.379 e. The molecule has 8 heteroatoms. The van der Waals surface area contributed by atoms with Gasteiger partial charge in [0.05, 0.1) is 41.9 Å². The monoisotopic (exact) mass is 405 g/mol. The van der Waals surface area contributed by atoms with Crippen LogP contribution < -0.4 is 0 Å². The van der Waals surface area contributed by atoms with Crippen molar-refractivity contribution in [3.05, 3.63) is 29.3 Å². The van der Waals surface area contributed by atoms with Gasteiger partial charge in [-0.3, -0.25) is 4.90 Å². The summed E-state index contributed by atoms with van der Waals surface area (Å²) in [5, 5.41) is 9.11. The minimum atomic E-state index is -3.61. The Morgan fingerprint density at radius 3 is 2.57 bits per heavy atom. The number of hydrogen-bond acceptors (Lipinski definition) is 6. The quantitative estimate of drug-likeness (QED) is 0.758. The fourth-order valence-electron chi connectivity index (χ4n) is 4.57. The van der Waals surface area contributed by atoms with Gasteiger partial charge in [0.25, 0.3) is 0 Å². The molecule has 1 atom stereocenters. The van der Waals surface area contributed by atoms with Crippen LogP contribution in [0.2, 0.25) is 0 Å². The van der Waals surface area contributed by atoms with E-state index in [0.717, 1.165) is 39.3 Å². The molecule has 0 saturated carbocycles. The van der Waals surface area contributed by atoms with Crippen molar-refractivity contribution < 1.29 is 17.9 Å². The topological polar surface area (TPSA) is 82.9 Å². The lowest BCUT2D eigenvalue weighted by atomic mass is 9.88. The SMILES string of the molecule is Cc1ccc(C#N)cc1S(=O)(=O)N1CCC2(CC1)CC(N1CCOCC1)CO2. The van der Waals surface area contributed by atoms with Crippen LogP contribution in [-0.4, -0.2) is 75.3 Å². The summed E-state index contributed by atoms with van der Waals surface area (Å²) in [6.45, 7) is 6.83. The molecule has 0 aliphatic carbocycles. The van der Waals surface area contributed by atoms with Gasteiger partial charge in [0.15, 0.2) is 0 Å². The summed E-state index contributed by atoms with van der Waals surface area (Å²) in [7, 11) is -3.61. The highest BCUT2D eigenvalue weighted by molar-refractivity contribution is 7.89. The van der Waals surface area contributed by atoms with Gasteiger partial charge in [-0.05, 0) is 43.9 Å². The number of morpholine rings is 1. The summed E-state index contributed by atoms with van der Waals surface area (Å²) < 4.78 is 39.5. The number of rotatable bonds is 3. The standard InChI is InChI=1S/C20H27N3O4S/c1-16-2-3-17(14-21)12-19(16)28(24,25)23-6-4-20(5-7-23)13-18(15-27-20)22-8-10-26-11-9-22/h2-3,12,18H,4-11,13,15H2,1H3. The van der Waals surface area contributed by atoms with E-state index in [4.69, 9.17) is 14.7 Å². The molecule has 1 aromatic carbocycles. The Morgan fingerprint density at radius 2 is 1.89 bits per heavy atom. The predicted molar refractivity (Wildman–Crippen MR) is 103 cm³/mol. The van der Waals surface area contributed by atoms with E-state index < -0.39 is 10.0 Å². The van der Waals surface area contributed by atoms with Crippen LogP contribution in [0.4, 0.5) is 0 Å². The van der Waals surface area contributed by atoms with E-state index in [1.807, 2.05) is 6.07 Å². The van der Waals surface area contributed by atoms with Crippen molar-refractivity contribution in [1.29, 1.82) is 5.26 Å². The Bertz CT molecular complexity index is 866. The second kappa shape index (κ2) is 7.73. The fraction of sp³-hybridized carbons (Fsp3) is 0.650. The zero-order valence-electron chi connectivity index (χ0n) is 16.3. The molecule has 3 heterocycles. The molecule has 0 radical (unpaired) electrons. The van der Waals surface area contributed by atoms with Crippen molar-refractivity contribution >= 4 is 10.0 Å². The Morgan fingerprint density at radius 1 is 1.18 bits per heavy atom. The molecule has 0 N–H and O–H groups in total. The van der Waals surface area contributed by atoms with Gasteiger partial charge < -0.3 is 9.47 Å². The van der Waals surface area contributed by atoms with Crippen LogP contribution in [0.25, 0.3) is 0 Å². The normalized spacial score (nSPS) is 26.4. The minimum Gasteiger partial charge on any atom is -0.379 e. The lowest BCUT2D eigenvalue weighted by molar-refractivity contribution is -0.0328. The molecule has 3 aliphatic rings. The maximum atomic E-state index is 13.1. The number of aryl methyl sites for hydroxylation is 1. The number of sulfonamides is 1. The minimum absolute atomic E-state index is 0.210. The number of ether oxygens (including phenoxy) is 2. The molecule has 3 aliphatic heterocycles. The van der Waals surface area contributed by atoms with Crippen molar-refractivity contribution in [1.82, 2.24) is 9.21 Å². The van der Waals surface area contributed by atoms with Crippen LogP contribution in [-0.2, 0) is 19.5 Å². The van der Waals surface area contributed by atoms with Gasteiger partial charge in [0.1, 0.15) is 0 Å². The van der Waals surface area contributed by atoms with Gasteiger partial charge in [-0.2, -0.15) is 9.57 Å². The Hall–Kier alpha value is -1.50. The number of nitrogens with zero attached hydrogens (tertiary/aromatic N) is 3. The molecule has 28 heavy (non-hydrogen) atoms. The van der Waals surface area contributed by atoms with Gasteiger partial charge in [-0.25, -0.2) is 8.42 Å². The van der Waals surface area contributed by atoms with E-state index in [9.17, 15) is 8.42 Å². The van der Waals surface area contributed by atoms with Crippen LogP contribution >= 0.6 is 0 Å². The summed E-state index contributed by atoms with van der Waals surface area (Å²) in [5.41, 5.74) is 0.826. The van der Waals surface area contributed by atoms with Crippen LogP contribution in [0.5, 0.6) is 0 Å². The van der Waals surface area contributed by atoms with Gasteiger partial charge in [0.2, 0.25) is 10.0 Å². The maximum absolute atomic E-state index is 13.1. The van der Waals surface area contributed by atoms with Crippen LogP contribution in [0.3, 0.4) is 0 Å². The van der Waals surface area contributed by atoms with Crippen molar-refractivity contribution in [3.8, 4) is 6.07 Å². The highest BCUT2D eigenvalue weighted by atomic mass is 32.2. The number of hydrogen-bond donors (Lipinski definition) is 0. The molecule has 4 rings (SSSR count). The van der Waals surface area contributed by atoms with Gasteiger partial charge in [0, 0.05) is 32.2 Å². The third-order valence-corrected chi connectivity index (χ3v) is 8.36. The molecule has 3 saturated heterocycles. The molecule has 1 spiro atoms. The maximum Gasteiger partial charge on any atom is 0.243 e. The highest BCUT2D eigenvalue weighted by Crippen LogP contribution is 2.39. The van der Waals surface area contributed by atoms with E-state index >= 15 is 0 Å². The number of nitriles is 1. The molecule has 1 unspecified atom stereocenters. The summed E-state index contributed by atoms with van der Waals surface area (Å²) in [4.78, 5) is 2.68. The Kier molecular flexibility index (Phi) is 5.47. The average Bonchev–Trinajstić information content (AvgIpc) is 3.13. The van der Waals surface area contributed by atoms with E-state index in [1.54, 1.807) is 23.4 Å². The number of benzene rings is 1. The summed E-state index contributed by atoms with van der Waals surface area (Å²) >= 11 is 0. The van der Waals surface area contributed by atoms with E-state index in [0.29, 0.717) is 43.1 Å². The van der Waals surface area contributed by atoms with Crippen molar-refractivity contribution in [2.75, 3.05) is 46.0 Å². The van der Waals surface area contributed by atoms with Crippen LogP contribution in [0.1, 0.15) is 30.4 Å². The van der Waals surface area contributed by atoms with Gasteiger partial charge >= 0.3 is 0 Å². The molecular formula is C20H27N3O4S. The van der Waals surface area contributed by atoms with E-state index in [2.05, 4.69) is 4.90 Å². The molecule has 0 bridgehead atoms. The molecule has 0 aromatic heterocycles. The first kappa shape index (κ1) is 19.8. The fourth-order valence-corrected chi connectivity index (χ4v) is 6.26. The molecule has 3 fully saturated rings. The van der Waals surface area contributed by atoms with Crippen LogP contribution in [0.15, 0.2) is 23.1 Å². The second-order valence-corrected chi connectivity index (χ2v) is 9.90. The van der Waals surface area contributed by atoms with Crippen molar-refractivity contribution in [3.63, 3.8) is 0 Å². The molecule has 1 aromatic rings. The summed E-state index contributed by atoms with van der Waals surface area (Å²) in [5.74, 6) is 0. The zero-order chi connectivity index (χ0) is 19.8. The van der Waals surface area contributed by atoms with Gasteiger partial charge in [-0.15, -0.1) is 0 Å². The number of piperidine rings is 1. The lowest BCUT2D eigenvalue weighted by Crippen LogP contribution is -2.48. The summed E-state index contributed by atoms with van der Waals surface area (Å²) in [6, 6.07) is 7.26. The third kappa shape index (κ3) is 3.70. The molecule has 7 nitrogen and oxygen atoms in total. The summed E-state index contributed by atoms with van der Waals surface area (Å²) in [6.07, 6.45) is 2.39. The smallest absolute Gasteiger partial charge is 0.243 e. The van der Waals surface area contributed by atoms with E-state index in [-0.39, 0.29) is 10.5 Å². The first-order chi connectivity index (χ1) is 13.4. The van der Waals surface area contributed by atoms with Crippen LogP contribution in [0, 0.1) is 18.3 Å². The highest BCUT2D eigenvalue weighted by Gasteiger charge is 2.46. The Labute approximate surface area is 166 Å².